The molecule has 0 saturated carbocycles. The van der Waals surface area contributed by atoms with Gasteiger partial charge >= 0.3 is 0 Å². The van der Waals surface area contributed by atoms with Crippen LogP contribution in [0.15, 0.2) is 65.6 Å². The van der Waals surface area contributed by atoms with Crippen LogP contribution in [0.1, 0.15) is 16.1 Å². The second-order valence-electron chi connectivity index (χ2n) is 5.67. The van der Waals surface area contributed by atoms with E-state index in [9.17, 15) is 13.2 Å². The number of rotatable bonds is 4. The lowest BCUT2D eigenvalue weighted by atomic mass is 10.2. The highest BCUT2D eigenvalue weighted by Gasteiger charge is 2.13. The first-order valence-corrected chi connectivity index (χ1v) is 9.47. The molecule has 0 saturated heterocycles. The molecular weight excluding hydrogens is 338 g/mol. The molecule has 25 heavy (non-hydrogen) atoms. The predicted octanol–water partition coefficient (Wildman–Crippen LogP) is 2.84. The van der Waals surface area contributed by atoms with Gasteiger partial charge in [0.25, 0.3) is 5.91 Å². The molecule has 0 unspecified atom stereocenters. The van der Waals surface area contributed by atoms with Crippen LogP contribution in [0.3, 0.4) is 0 Å². The van der Waals surface area contributed by atoms with Crippen LogP contribution < -0.4 is 5.32 Å². The topological polar surface area (TPSA) is 81.1 Å². The first kappa shape index (κ1) is 16.9. The molecule has 1 amide bonds. The molecule has 0 aliphatic heterocycles. The SMILES string of the molecule is Cc1cc(NC(=O)c2ccc(S(C)(=O)=O)cc2)n(-c2ccccc2)n1. The number of carbonyl (C=O) groups is 1. The molecule has 0 spiro atoms. The van der Waals surface area contributed by atoms with Gasteiger partial charge in [-0.05, 0) is 43.3 Å². The zero-order chi connectivity index (χ0) is 18.0. The Morgan fingerprint density at radius 1 is 1.04 bits per heavy atom. The van der Waals surface area contributed by atoms with Gasteiger partial charge in [0.05, 0.1) is 16.3 Å². The fraction of sp³-hybridized carbons (Fsp3) is 0.111. The Labute approximate surface area is 146 Å². The van der Waals surface area contributed by atoms with Crippen molar-refractivity contribution in [3.8, 4) is 5.69 Å². The Bertz CT molecular complexity index is 1010. The summed E-state index contributed by atoms with van der Waals surface area (Å²) in [5, 5.41) is 7.21. The van der Waals surface area contributed by atoms with E-state index in [1.165, 1.54) is 24.3 Å². The van der Waals surface area contributed by atoms with E-state index < -0.39 is 9.84 Å². The fourth-order valence-corrected chi connectivity index (χ4v) is 3.03. The van der Waals surface area contributed by atoms with Gasteiger partial charge in [-0.2, -0.15) is 5.10 Å². The van der Waals surface area contributed by atoms with Crippen LogP contribution in [0.2, 0.25) is 0 Å². The molecule has 3 rings (SSSR count). The average Bonchev–Trinajstić information content (AvgIpc) is 2.95. The van der Waals surface area contributed by atoms with Crippen LogP contribution in [-0.4, -0.2) is 30.4 Å². The number of nitrogens with zero attached hydrogens (tertiary/aromatic N) is 2. The monoisotopic (exact) mass is 355 g/mol. The second-order valence-corrected chi connectivity index (χ2v) is 7.68. The van der Waals surface area contributed by atoms with Crippen molar-refractivity contribution in [3.05, 3.63) is 71.9 Å². The van der Waals surface area contributed by atoms with Crippen LogP contribution in [0.4, 0.5) is 5.82 Å². The molecule has 6 nitrogen and oxygen atoms in total. The first-order chi connectivity index (χ1) is 11.8. The molecule has 0 aliphatic carbocycles. The zero-order valence-corrected chi connectivity index (χ0v) is 14.6. The molecule has 0 radical (unpaired) electrons. The minimum absolute atomic E-state index is 0.175. The highest BCUT2D eigenvalue weighted by molar-refractivity contribution is 7.90. The van der Waals surface area contributed by atoms with Crippen LogP contribution >= 0.6 is 0 Å². The van der Waals surface area contributed by atoms with E-state index in [0.717, 1.165) is 17.6 Å². The molecular formula is C18H17N3O3S. The van der Waals surface area contributed by atoms with Gasteiger partial charge in [0, 0.05) is 17.9 Å². The number of aromatic nitrogens is 2. The number of sulfone groups is 1. The molecule has 7 heteroatoms. The molecule has 1 N–H and O–H groups in total. The van der Waals surface area contributed by atoms with E-state index in [1.807, 2.05) is 37.3 Å². The van der Waals surface area contributed by atoms with Crippen molar-refractivity contribution in [1.82, 2.24) is 9.78 Å². The Kier molecular flexibility index (Phi) is 4.41. The third-order valence-corrected chi connectivity index (χ3v) is 4.75. The summed E-state index contributed by atoms with van der Waals surface area (Å²) in [6, 6.07) is 17.1. The molecule has 0 atom stereocenters. The number of anilines is 1. The third kappa shape index (κ3) is 3.77. The molecule has 0 fully saturated rings. The number of nitrogens with one attached hydrogen (secondary N) is 1. The van der Waals surface area contributed by atoms with E-state index in [2.05, 4.69) is 10.4 Å². The van der Waals surface area contributed by atoms with E-state index in [0.29, 0.717) is 11.4 Å². The van der Waals surface area contributed by atoms with Crippen molar-refractivity contribution < 1.29 is 13.2 Å². The Hall–Kier alpha value is -2.93. The number of carbonyl (C=O) groups excluding carboxylic acids is 1. The summed E-state index contributed by atoms with van der Waals surface area (Å²) in [4.78, 5) is 12.6. The van der Waals surface area contributed by atoms with Gasteiger partial charge in [-0.25, -0.2) is 13.1 Å². The van der Waals surface area contributed by atoms with Crippen molar-refractivity contribution in [3.63, 3.8) is 0 Å². The molecule has 0 aliphatic rings. The standard InChI is InChI=1S/C18H17N3O3S/c1-13-12-17(21(20-13)15-6-4-3-5-7-15)19-18(22)14-8-10-16(11-9-14)25(2,23)24/h3-12H,1-2H3,(H,19,22). The summed E-state index contributed by atoms with van der Waals surface area (Å²) in [6.45, 7) is 1.84. The maximum absolute atomic E-state index is 12.5. The van der Waals surface area contributed by atoms with Crippen molar-refractivity contribution in [2.45, 2.75) is 11.8 Å². The number of amides is 1. The minimum Gasteiger partial charge on any atom is -0.306 e. The molecule has 1 heterocycles. The van der Waals surface area contributed by atoms with Crippen LogP contribution in [0, 0.1) is 6.92 Å². The molecule has 128 valence electrons. The molecule has 3 aromatic rings. The quantitative estimate of drug-likeness (QED) is 0.780. The van der Waals surface area contributed by atoms with Gasteiger partial charge in [0.2, 0.25) is 0 Å². The van der Waals surface area contributed by atoms with Gasteiger partial charge in [-0.3, -0.25) is 4.79 Å². The fourth-order valence-electron chi connectivity index (χ4n) is 2.40. The Morgan fingerprint density at radius 3 is 2.28 bits per heavy atom. The first-order valence-electron chi connectivity index (χ1n) is 7.58. The van der Waals surface area contributed by atoms with Crippen molar-refractivity contribution in [1.29, 1.82) is 0 Å². The summed E-state index contributed by atoms with van der Waals surface area (Å²) >= 11 is 0. The van der Waals surface area contributed by atoms with Gasteiger partial charge in [0.1, 0.15) is 5.82 Å². The van der Waals surface area contributed by atoms with E-state index in [4.69, 9.17) is 0 Å². The summed E-state index contributed by atoms with van der Waals surface area (Å²) in [5.41, 5.74) is 1.97. The number of benzene rings is 2. The average molecular weight is 355 g/mol. The van der Waals surface area contributed by atoms with Crippen LogP contribution in [0.5, 0.6) is 0 Å². The summed E-state index contributed by atoms with van der Waals surface area (Å²) in [7, 11) is -3.29. The lowest BCUT2D eigenvalue weighted by Gasteiger charge is -2.09. The maximum Gasteiger partial charge on any atom is 0.256 e. The predicted molar refractivity (Wildman–Crippen MR) is 95.8 cm³/mol. The Morgan fingerprint density at radius 2 is 1.68 bits per heavy atom. The van der Waals surface area contributed by atoms with Crippen molar-refractivity contribution in [2.75, 3.05) is 11.6 Å². The smallest absolute Gasteiger partial charge is 0.256 e. The van der Waals surface area contributed by atoms with E-state index in [1.54, 1.807) is 10.7 Å². The molecule has 0 bridgehead atoms. The number of aryl methyl sites for hydroxylation is 1. The van der Waals surface area contributed by atoms with Crippen molar-refractivity contribution in [2.24, 2.45) is 0 Å². The largest absolute Gasteiger partial charge is 0.306 e. The highest BCUT2D eigenvalue weighted by Crippen LogP contribution is 2.18. The van der Waals surface area contributed by atoms with Crippen LogP contribution in [-0.2, 0) is 9.84 Å². The Balaban J connectivity index is 1.87. The zero-order valence-electron chi connectivity index (χ0n) is 13.8. The second kappa shape index (κ2) is 6.52. The van der Waals surface area contributed by atoms with Gasteiger partial charge < -0.3 is 5.32 Å². The lowest BCUT2D eigenvalue weighted by molar-refractivity contribution is 0.102. The third-order valence-electron chi connectivity index (χ3n) is 3.62. The number of para-hydroxylation sites is 1. The number of hydrogen-bond acceptors (Lipinski definition) is 4. The van der Waals surface area contributed by atoms with Gasteiger partial charge in [-0.1, -0.05) is 18.2 Å². The normalized spacial score (nSPS) is 11.3. The van der Waals surface area contributed by atoms with Gasteiger partial charge in [0.15, 0.2) is 9.84 Å². The minimum atomic E-state index is -3.29. The van der Waals surface area contributed by atoms with Gasteiger partial charge in [-0.15, -0.1) is 0 Å². The van der Waals surface area contributed by atoms with Crippen LogP contribution in [0.25, 0.3) is 5.69 Å². The summed E-state index contributed by atoms with van der Waals surface area (Å²) in [5.74, 6) is 0.207. The maximum atomic E-state index is 12.5. The highest BCUT2D eigenvalue weighted by atomic mass is 32.2. The van der Waals surface area contributed by atoms with Crippen molar-refractivity contribution >= 4 is 21.6 Å². The summed E-state index contributed by atoms with van der Waals surface area (Å²) in [6.07, 6.45) is 1.13. The molecule has 1 aromatic heterocycles. The summed E-state index contributed by atoms with van der Waals surface area (Å²) < 4.78 is 24.6. The molecule has 2 aromatic carbocycles. The van der Waals surface area contributed by atoms with E-state index in [-0.39, 0.29) is 10.8 Å². The van der Waals surface area contributed by atoms with E-state index >= 15 is 0 Å². The lowest BCUT2D eigenvalue weighted by Crippen LogP contribution is -2.15. The number of hydrogen-bond donors (Lipinski definition) is 1.